The van der Waals surface area contributed by atoms with E-state index in [2.05, 4.69) is 5.32 Å². The van der Waals surface area contributed by atoms with Crippen LogP contribution in [0.1, 0.15) is 61.3 Å². The molecule has 0 saturated carbocycles. The average Bonchev–Trinajstić information content (AvgIpc) is 2.72. The second-order valence-electron chi connectivity index (χ2n) is 7.10. The Bertz CT molecular complexity index is 654. The van der Waals surface area contributed by atoms with Crippen molar-refractivity contribution in [2.75, 3.05) is 0 Å². The molecule has 4 amide bonds. The Morgan fingerprint density at radius 1 is 0.917 bits per heavy atom. The minimum absolute atomic E-state index is 0.00361. The van der Waals surface area contributed by atoms with Crippen molar-refractivity contribution in [1.29, 1.82) is 0 Å². The molecule has 0 atom stereocenters. The molecule has 0 bridgehead atoms. The number of carbonyl (C=O) groups excluding carboxylic acids is 4. The van der Waals surface area contributed by atoms with E-state index in [1.165, 1.54) is 4.90 Å². The first-order valence-corrected chi connectivity index (χ1v) is 7.92. The molecule has 1 saturated heterocycles. The lowest BCUT2D eigenvalue weighted by atomic mass is 9.81. The Morgan fingerprint density at radius 2 is 1.33 bits per heavy atom. The lowest BCUT2D eigenvalue weighted by molar-refractivity contribution is -0.154. The predicted octanol–water partition coefficient (Wildman–Crippen LogP) is 2.14. The Hall–Kier alpha value is -2.50. The summed E-state index contributed by atoms with van der Waals surface area (Å²) in [5.41, 5.74) is 0.787. The van der Waals surface area contributed by atoms with Gasteiger partial charge in [0, 0.05) is 18.9 Å². The van der Waals surface area contributed by atoms with Gasteiger partial charge >= 0.3 is 0 Å². The summed E-state index contributed by atoms with van der Waals surface area (Å²) in [6.07, 6.45) is 0.966. The van der Waals surface area contributed by atoms with Crippen molar-refractivity contribution in [2.24, 2.45) is 5.41 Å². The van der Waals surface area contributed by atoms with Crippen molar-refractivity contribution in [3.63, 3.8) is 0 Å². The third-order valence-corrected chi connectivity index (χ3v) is 3.96. The fourth-order valence-electron chi connectivity index (χ4n) is 2.88. The number of nitrogens with zero attached hydrogens (tertiary/aromatic N) is 1. The second kappa shape index (κ2) is 6.55. The Kier molecular flexibility index (Phi) is 4.87. The van der Waals surface area contributed by atoms with Gasteiger partial charge in [-0.15, -0.1) is 0 Å². The molecular weight excluding hydrogens is 308 g/mol. The number of likely N-dealkylation sites (tertiary alicyclic amines) is 1. The zero-order valence-electron chi connectivity index (χ0n) is 14.4. The van der Waals surface area contributed by atoms with Gasteiger partial charge in [0.25, 0.3) is 11.8 Å². The Labute approximate surface area is 141 Å². The molecule has 1 fully saturated rings. The number of hydrogen-bond acceptors (Lipinski definition) is 4. The first-order chi connectivity index (χ1) is 11.1. The number of rotatable bonds is 1. The third-order valence-electron chi connectivity index (χ3n) is 3.96. The number of amides is 4. The summed E-state index contributed by atoms with van der Waals surface area (Å²) in [6.45, 7) is 7.66. The zero-order chi connectivity index (χ0) is 18.1. The molecule has 0 spiro atoms. The monoisotopic (exact) mass is 330 g/mol. The molecule has 0 aliphatic carbocycles. The first kappa shape index (κ1) is 17.8. The molecule has 0 radical (unpaired) electrons. The smallest absolute Gasteiger partial charge is 0.258 e. The molecular formula is C18H22N2O4. The van der Waals surface area contributed by atoms with Crippen LogP contribution in [0.25, 0.3) is 0 Å². The number of imide groups is 2. The standard InChI is InChI=1S/C10H17NO2.C8H5NO2/c1-7(2)11-8(12)5-10(3,4)6-9(11)13;10-7-5-3-1-2-4-6(5)8(11)9-7/h7H,5-6H2,1-4H3;1-4H,(H,9,10,11). The van der Waals surface area contributed by atoms with Crippen LogP contribution in [0.15, 0.2) is 24.3 Å². The highest BCUT2D eigenvalue weighted by Crippen LogP contribution is 2.32. The largest absolute Gasteiger partial charge is 0.288 e. The van der Waals surface area contributed by atoms with Gasteiger partial charge in [-0.05, 0) is 31.4 Å². The van der Waals surface area contributed by atoms with Crippen molar-refractivity contribution in [1.82, 2.24) is 10.2 Å². The molecule has 3 rings (SSSR count). The lowest BCUT2D eigenvalue weighted by Gasteiger charge is -2.36. The lowest BCUT2D eigenvalue weighted by Crippen LogP contribution is -2.49. The number of fused-ring (bicyclic) bond motifs is 1. The maximum atomic E-state index is 11.6. The van der Waals surface area contributed by atoms with Crippen molar-refractivity contribution >= 4 is 23.6 Å². The summed E-state index contributed by atoms with van der Waals surface area (Å²) in [5, 5.41) is 2.20. The van der Waals surface area contributed by atoms with Crippen molar-refractivity contribution < 1.29 is 19.2 Å². The molecule has 6 nitrogen and oxygen atoms in total. The predicted molar refractivity (Wildman–Crippen MR) is 88.2 cm³/mol. The number of piperidine rings is 1. The van der Waals surface area contributed by atoms with E-state index in [4.69, 9.17) is 0 Å². The van der Waals surface area contributed by atoms with E-state index in [1.54, 1.807) is 24.3 Å². The van der Waals surface area contributed by atoms with Gasteiger partial charge in [0.2, 0.25) is 11.8 Å². The van der Waals surface area contributed by atoms with E-state index in [9.17, 15) is 19.2 Å². The number of nitrogens with one attached hydrogen (secondary N) is 1. The third kappa shape index (κ3) is 3.69. The zero-order valence-corrected chi connectivity index (χ0v) is 14.4. The van der Waals surface area contributed by atoms with Crippen LogP contribution in [0, 0.1) is 5.41 Å². The van der Waals surface area contributed by atoms with E-state index >= 15 is 0 Å². The van der Waals surface area contributed by atoms with Crippen LogP contribution < -0.4 is 5.32 Å². The van der Waals surface area contributed by atoms with E-state index in [-0.39, 0.29) is 35.1 Å². The molecule has 1 N–H and O–H groups in total. The molecule has 2 aliphatic heterocycles. The number of hydrogen-bond donors (Lipinski definition) is 1. The average molecular weight is 330 g/mol. The van der Waals surface area contributed by atoms with Gasteiger partial charge in [-0.1, -0.05) is 26.0 Å². The maximum absolute atomic E-state index is 11.6. The van der Waals surface area contributed by atoms with Crippen LogP contribution in [-0.4, -0.2) is 34.6 Å². The normalized spacial score (nSPS) is 19.0. The van der Waals surface area contributed by atoms with Crippen LogP contribution in [0.3, 0.4) is 0 Å². The highest BCUT2D eigenvalue weighted by atomic mass is 16.2. The first-order valence-electron chi connectivity index (χ1n) is 7.92. The van der Waals surface area contributed by atoms with Crippen LogP contribution in [-0.2, 0) is 9.59 Å². The molecule has 2 heterocycles. The van der Waals surface area contributed by atoms with Gasteiger partial charge < -0.3 is 0 Å². The van der Waals surface area contributed by atoms with E-state index in [0.717, 1.165) is 0 Å². The molecule has 0 aromatic heterocycles. The van der Waals surface area contributed by atoms with Gasteiger partial charge in [-0.25, -0.2) is 0 Å². The van der Waals surface area contributed by atoms with Gasteiger partial charge in [0.1, 0.15) is 0 Å². The van der Waals surface area contributed by atoms with Crippen molar-refractivity contribution in [3.8, 4) is 0 Å². The van der Waals surface area contributed by atoms with Gasteiger partial charge in [0.15, 0.2) is 0 Å². The number of carbonyl (C=O) groups is 4. The van der Waals surface area contributed by atoms with E-state index < -0.39 is 0 Å². The minimum Gasteiger partial charge on any atom is -0.288 e. The highest BCUT2D eigenvalue weighted by Gasteiger charge is 2.38. The van der Waals surface area contributed by atoms with Crippen LogP contribution in [0.4, 0.5) is 0 Å². The van der Waals surface area contributed by atoms with Gasteiger partial charge in [-0.2, -0.15) is 0 Å². The fraction of sp³-hybridized carbons (Fsp3) is 0.444. The minimum atomic E-state index is -0.300. The van der Waals surface area contributed by atoms with Gasteiger partial charge in [-0.3, -0.25) is 29.4 Å². The van der Waals surface area contributed by atoms with Crippen molar-refractivity contribution in [2.45, 2.75) is 46.6 Å². The molecule has 2 aliphatic rings. The topological polar surface area (TPSA) is 83.6 Å². The van der Waals surface area contributed by atoms with E-state index in [1.807, 2.05) is 27.7 Å². The summed E-state index contributed by atoms with van der Waals surface area (Å²) < 4.78 is 0. The molecule has 6 heteroatoms. The molecule has 24 heavy (non-hydrogen) atoms. The summed E-state index contributed by atoms with van der Waals surface area (Å²) in [4.78, 5) is 46.4. The second-order valence-corrected chi connectivity index (χ2v) is 7.10. The maximum Gasteiger partial charge on any atom is 0.258 e. The quantitative estimate of drug-likeness (QED) is 0.800. The van der Waals surface area contributed by atoms with E-state index in [0.29, 0.717) is 24.0 Å². The number of benzene rings is 1. The highest BCUT2D eigenvalue weighted by molar-refractivity contribution is 6.21. The van der Waals surface area contributed by atoms with Crippen LogP contribution >= 0.6 is 0 Å². The van der Waals surface area contributed by atoms with Crippen molar-refractivity contribution in [3.05, 3.63) is 35.4 Å². The fourth-order valence-corrected chi connectivity index (χ4v) is 2.88. The summed E-state index contributed by atoms with van der Waals surface area (Å²) in [7, 11) is 0. The molecule has 1 aromatic rings. The Morgan fingerprint density at radius 3 is 1.71 bits per heavy atom. The summed E-state index contributed by atoms with van der Waals surface area (Å²) in [5.74, 6) is -0.663. The molecule has 0 unspecified atom stereocenters. The molecule has 128 valence electrons. The van der Waals surface area contributed by atoms with Crippen LogP contribution in [0.5, 0.6) is 0 Å². The SMILES string of the molecule is CC(C)N1C(=O)CC(C)(C)CC1=O.O=C1NC(=O)c2ccccc21. The molecule has 1 aromatic carbocycles. The Balaban J connectivity index is 0.000000175. The summed E-state index contributed by atoms with van der Waals surface area (Å²) in [6, 6.07) is 6.73. The van der Waals surface area contributed by atoms with Crippen LogP contribution in [0.2, 0.25) is 0 Å². The van der Waals surface area contributed by atoms with Gasteiger partial charge in [0.05, 0.1) is 11.1 Å². The summed E-state index contributed by atoms with van der Waals surface area (Å²) >= 11 is 0.